The lowest BCUT2D eigenvalue weighted by molar-refractivity contribution is -0.155. The lowest BCUT2D eigenvalue weighted by Crippen LogP contribution is -2.58. The Morgan fingerprint density at radius 2 is 1.65 bits per heavy atom. The summed E-state index contributed by atoms with van der Waals surface area (Å²) in [6.45, 7) is 0. The molecule has 0 aliphatic carbocycles. The van der Waals surface area contributed by atoms with E-state index in [1.807, 2.05) is 30.3 Å². The van der Waals surface area contributed by atoms with E-state index in [4.69, 9.17) is 11.6 Å². The molecule has 2 aromatic carbocycles. The second-order valence-corrected chi connectivity index (χ2v) is 6.42. The lowest BCUT2D eigenvalue weighted by atomic mass is 10.00. The second-order valence-electron chi connectivity index (χ2n) is 5.99. The van der Waals surface area contributed by atoms with Crippen molar-refractivity contribution in [3.63, 3.8) is 0 Å². The van der Waals surface area contributed by atoms with E-state index in [0.717, 1.165) is 5.56 Å². The molecule has 26 heavy (non-hydrogen) atoms. The van der Waals surface area contributed by atoms with Crippen LogP contribution in [0.3, 0.4) is 0 Å². The van der Waals surface area contributed by atoms with Gasteiger partial charge in [0.1, 0.15) is 0 Å². The van der Waals surface area contributed by atoms with Crippen molar-refractivity contribution in [2.45, 2.75) is 0 Å². The van der Waals surface area contributed by atoms with Gasteiger partial charge < -0.3 is 0 Å². The largest absolute Gasteiger partial charge is 0.331 e. The molecule has 0 N–H and O–H groups in total. The minimum atomic E-state index is -0.634. The van der Waals surface area contributed by atoms with Gasteiger partial charge in [-0.25, -0.2) is 5.01 Å². The first-order valence-electron chi connectivity index (χ1n) is 7.98. The van der Waals surface area contributed by atoms with E-state index in [2.05, 4.69) is 4.99 Å². The number of anilines is 1. The molecule has 0 bridgehead atoms. The summed E-state index contributed by atoms with van der Waals surface area (Å²) in [6.07, 6.45) is 1.59. The summed E-state index contributed by atoms with van der Waals surface area (Å²) < 4.78 is 0. The fraction of sp³-hybridized carbons (Fsp3) is 0.105. The Hall–Kier alpha value is -3.12. The summed E-state index contributed by atoms with van der Waals surface area (Å²) in [6, 6.07) is 14.8. The molecule has 0 radical (unpaired) electrons. The van der Waals surface area contributed by atoms with Crippen molar-refractivity contribution in [1.29, 1.82) is 0 Å². The summed E-state index contributed by atoms with van der Waals surface area (Å²) in [5.74, 6) is -0.759. The van der Waals surface area contributed by atoms with Gasteiger partial charge in [-0.05, 0) is 18.2 Å². The molecule has 2 aliphatic rings. The Morgan fingerprint density at radius 3 is 2.38 bits per heavy atom. The average molecular weight is 367 g/mol. The molecule has 130 valence electrons. The fourth-order valence-corrected chi connectivity index (χ4v) is 3.23. The molecule has 1 saturated heterocycles. The molecule has 2 heterocycles. The average Bonchev–Trinajstić information content (AvgIpc) is 2.82. The third kappa shape index (κ3) is 2.38. The first-order chi connectivity index (χ1) is 12.5. The highest BCUT2D eigenvalue weighted by atomic mass is 35.5. The number of fused-ring (bicyclic) bond motifs is 3. The highest BCUT2D eigenvalue weighted by Crippen LogP contribution is 2.35. The Morgan fingerprint density at radius 1 is 0.923 bits per heavy atom. The smallest absolute Gasteiger partial charge is 0.268 e. The summed E-state index contributed by atoms with van der Waals surface area (Å²) in [4.78, 5) is 31.1. The number of hydrazine groups is 1. The van der Waals surface area contributed by atoms with Crippen LogP contribution in [0.4, 0.5) is 5.69 Å². The number of hydrogen-bond acceptors (Lipinski definition) is 4. The first-order valence-corrected chi connectivity index (χ1v) is 8.36. The van der Waals surface area contributed by atoms with Crippen molar-refractivity contribution in [1.82, 2.24) is 10.0 Å². The quantitative estimate of drug-likeness (QED) is 0.729. The second kappa shape index (κ2) is 6.00. The van der Waals surface area contributed by atoms with Crippen LogP contribution in [0.25, 0.3) is 0 Å². The molecule has 1 fully saturated rings. The first kappa shape index (κ1) is 16.4. The topological polar surface area (TPSA) is 56.2 Å². The number of halogens is 1. The van der Waals surface area contributed by atoms with Crippen LogP contribution in [0.5, 0.6) is 0 Å². The van der Waals surface area contributed by atoms with Gasteiger partial charge in [0.15, 0.2) is 5.82 Å². The van der Waals surface area contributed by atoms with Crippen molar-refractivity contribution in [2.75, 3.05) is 19.0 Å². The predicted octanol–water partition coefficient (Wildman–Crippen LogP) is 2.64. The monoisotopic (exact) mass is 366 g/mol. The molecule has 2 aliphatic heterocycles. The molecule has 6 nitrogen and oxygen atoms in total. The number of aliphatic imine (C=N–C) groups is 1. The zero-order valence-corrected chi connectivity index (χ0v) is 14.9. The number of amides is 2. The van der Waals surface area contributed by atoms with Crippen molar-refractivity contribution in [2.24, 2.45) is 4.99 Å². The highest BCUT2D eigenvalue weighted by Gasteiger charge is 2.40. The fourth-order valence-electron chi connectivity index (χ4n) is 3.06. The van der Waals surface area contributed by atoms with Crippen molar-refractivity contribution in [3.8, 4) is 0 Å². The van der Waals surface area contributed by atoms with Crippen LogP contribution < -0.4 is 4.90 Å². The molecule has 7 heteroatoms. The number of carbonyl (C=O) groups excluding carboxylic acids is 2. The number of hydrogen-bond donors (Lipinski definition) is 0. The van der Waals surface area contributed by atoms with Crippen LogP contribution in [-0.4, -0.2) is 41.6 Å². The van der Waals surface area contributed by atoms with Gasteiger partial charge in [0.25, 0.3) is 0 Å². The van der Waals surface area contributed by atoms with E-state index in [9.17, 15) is 9.59 Å². The molecule has 4 rings (SSSR count). The van der Waals surface area contributed by atoms with Gasteiger partial charge in [-0.3, -0.25) is 24.5 Å². The van der Waals surface area contributed by atoms with E-state index in [1.54, 1.807) is 43.5 Å². The summed E-state index contributed by atoms with van der Waals surface area (Å²) in [7, 11) is 3.26. The van der Waals surface area contributed by atoms with Gasteiger partial charge in [0.05, 0.1) is 17.6 Å². The molecule has 0 aromatic heterocycles. The SMILES string of the molecule is CN1C(=O)C(=O)N2C(=CN=C(c3ccccc3)c3cc(Cl)ccc32)N1C. The summed E-state index contributed by atoms with van der Waals surface area (Å²) in [5, 5.41) is 3.39. The van der Waals surface area contributed by atoms with Crippen molar-refractivity contribution < 1.29 is 9.59 Å². The molecular formula is C19H15ClN4O2. The molecule has 2 aromatic rings. The zero-order valence-electron chi connectivity index (χ0n) is 14.2. The third-order valence-corrected chi connectivity index (χ3v) is 4.74. The number of carbonyl (C=O) groups is 2. The Labute approximate surface area is 155 Å². The third-order valence-electron chi connectivity index (χ3n) is 4.50. The van der Waals surface area contributed by atoms with E-state index in [1.165, 1.54) is 9.91 Å². The maximum Gasteiger partial charge on any atom is 0.331 e. The standard InChI is InChI=1S/C19H15ClN4O2/c1-22-16-11-21-17(12-6-4-3-5-7-12)14-10-13(20)8-9-15(14)24(16)19(26)18(25)23(22)2/h3-11H,1-2H3. The maximum absolute atomic E-state index is 12.7. The Balaban J connectivity index is 1.99. The predicted molar refractivity (Wildman–Crippen MR) is 99.6 cm³/mol. The van der Waals surface area contributed by atoms with E-state index in [-0.39, 0.29) is 0 Å². The minimum absolute atomic E-state index is 0.492. The van der Waals surface area contributed by atoms with Crippen LogP contribution in [0.2, 0.25) is 5.02 Å². The molecule has 2 amide bonds. The van der Waals surface area contributed by atoms with Crippen molar-refractivity contribution >= 4 is 34.8 Å². The highest BCUT2D eigenvalue weighted by molar-refractivity contribution is 6.42. The molecule has 0 unspecified atom stereocenters. The van der Waals surface area contributed by atoms with Gasteiger partial charge in [-0.1, -0.05) is 41.9 Å². The maximum atomic E-state index is 12.7. The van der Waals surface area contributed by atoms with Crippen LogP contribution in [0.15, 0.2) is 65.5 Å². The van der Waals surface area contributed by atoms with Gasteiger partial charge >= 0.3 is 11.8 Å². The normalized spacial score (nSPS) is 16.7. The van der Waals surface area contributed by atoms with E-state index < -0.39 is 11.8 Å². The molecule has 0 spiro atoms. The van der Waals surface area contributed by atoms with E-state index >= 15 is 0 Å². The van der Waals surface area contributed by atoms with Crippen LogP contribution in [0, 0.1) is 0 Å². The number of rotatable bonds is 1. The van der Waals surface area contributed by atoms with Crippen molar-refractivity contribution in [3.05, 3.63) is 76.7 Å². The minimum Gasteiger partial charge on any atom is -0.268 e. The molecule has 0 atom stereocenters. The van der Waals surface area contributed by atoms with Crippen LogP contribution in [-0.2, 0) is 9.59 Å². The van der Waals surface area contributed by atoms with Crippen LogP contribution >= 0.6 is 11.6 Å². The molecular weight excluding hydrogens is 352 g/mol. The summed E-state index contributed by atoms with van der Waals surface area (Å²) >= 11 is 6.21. The Bertz CT molecular complexity index is 984. The number of likely N-dealkylation sites (N-methyl/N-ethyl adjacent to an activating group) is 1. The molecule has 0 saturated carbocycles. The van der Waals surface area contributed by atoms with Gasteiger partial charge in [-0.15, -0.1) is 0 Å². The van der Waals surface area contributed by atoms with E-state index in [0.29, 0.717) is 27.8 Å². The number of benzene rings is 2. The van der Waals surface area contributed by atoms with Gasteiger partial charge in [-0.2, -0.15) is 0 Å². The lowest BCUT2D eigenvalue weighted by Gasteiger charge is -2.41. The van der Waals surface area contributed by atoms with Crippen LogP contribution in [0.1, 0.15) is 11.1 Å². The summed E-state index contributed by atoms with van der Waals surface area (Å²) in [5.41, 5.74) is 2.83. The number of nitrogens with zero attached hydrogens (tertiary/aromatic N) is 4. The van der Waals surface area contributed by atoms with Gasteiger partial charge in [0.2, 0.25) is 0 Å². The zero-order chi connectivity index (χ0) is 18.4. The van der Waals surface area contributed by atoms with Gasteiger partial charge in [0, 0.05) is 30.2 Å². The Kier molecular flexibility index (Phi) is 3.77.